The van der Waals surface area contributed by atoms with Crippen LogP contribution < -0.4 is 4.74 Å². The van der Waals surface area contributed by atoms with Gasteiger partial charge in [-0.25, -0.2) is 0 Å². The predicted molar refractivity (Wildman–Crippen MR) is 106 cm³/mol. The minimum Gasteiger partial charge on any atom is -0.497 e. The Morgan fingerprint density at radius 3 is 2.48 bits per heavy atom. The van der Waals surface area contributed by atoms with E-state index in [1.807, 2.05) is 40.7 Å². The number of carbonyl (C=O) groups excluding carboxylic acids is 2. The summed E-state index contributed by atoms with van der Waals surface area (Å²) in [6.45, 7) is 4.49. The molecule has 154 valence electrons. The first-order valence-electron chi connectivity index (χ1n) is 10.2. The summed E-state index contributed by atoms with van der Waals surface area (Å²) in [6, 6.07) is 7.05. The second-order valence-corrected chi connectivity index (χ2v) is 7.63. The first-order chi connectivity index (χ1) is 14.1. The topological polar surface area (TPSA) is 80.6 Å². The summed E-state index contributed by atoms with van der Waals surface area (Å²) in [5.41, 5.74) is 1.07. The molecule has 0 aliphatic carbocycles. The van der Waals surface area contributed by atoms with Gasteiger partial charge in [0.2, 0.25) is 5.91 Å². The third-order valence-electron chi connectivity index (χ3n) is 5.84. The van der Waals surface area contributed by atoms with Gasteiger partial charge in [0.05, 0.1) is 7.11 Å². The summed E-state index contributed by atoms with van der Waals surface area (Å²) in [4.78, 5) is 29.9. The number of fused-ring (bicyclic) bond motifs is 1. The molecular formula is C21H27N5O3. The zero-order valence-electron chi connectivity index (χ0n) is 17.0. The number of hydrogen-bond donors (Lipinski definition) is 0. The number of hydrogen-bond acceptors (Lipinski definition) is 5. The third kappa shape index (κ3) is 3.83. The second-order valence-electron chi connectivity index (χ2n) is 7.63. The molecular weight excluding hydrogens is 370 g/mol. The van der Waals surface area contributed by atoms with Crippen LogP contribution in [0.3, 0.4) is 0 Å². The van der Waals surface area contributed by atoms with Gasteiger partial charge >= 0.3 is 0 Å². The molecule has 2 aliphatic heterocycles. The third-order valence-corrected chi connectivity index (χ3v) is 5.84. The lowest BCUT2D eigenvalue weighted by Crippen LogP contribution is -2.49. The van der Waals surface area contributed by atoms with Gasteiger partial charge in [0.1, 0.15) is 11.6 Å². The van der Waals surface area contributed by atoms with E-state index < -0.39 is 6.04 Å². The lowest BCUT2D eigenvalue weighted by atomic mass is 10.1. The fraction of sp³-hybridized carbons (Fsp3) is 0.524. The lowest BCUT2D eigenvalue weighted by Gasteiger charge is -2.36. The highest BCUT2D eigenvalue weighted by atomic mass is 16.5. The molecule has 8 heteroatoms. The molecule has 1 saturated heterocycles. The first-order valence-corrected chi connectivity index (χ1v) is 10.2. The Kier molecular flexibility index (Phi) is 5.51. The van der Waals surface area contributed by atoms with Crippen LogP contribution in [0.25, 0.3) is 0 Å². The van der Waals surface area contributed by atoms with E-state index in [1.54, 1.807) is 12.0 Å². The largest absolute Gasteiger partial charge is 0.497 e. The lowest BCUT2D eigenvalue weighted by molar-refractivity contribution is -0.147. The zero-order chi connectivity index (χ0) is 20.4. The van der Waals surface area contributed by atoms with Crippen molar-refractivity contribution in [3.63, 3.8) is 0 Å². The van der Waals surface area contributed by atoms with E-state index in [0.717, 1.165) is 43.1 Å². The number of ether oxygens (including phenoxy) is 1. The van der Waals surface area contributed by atoms with Crippen molar-refractivity contribution in [2.24, 2.45) is 0 Å². The van der Waals surface area contributed by atoms with E-state index in [2.05, 4.69) is 10.2 Å². The van der Waals surface area contributed by atoms with Gasteiger partial charge in [0.25, 0.3) is 5.91 Å². The normalized spacial score (nSPS) is 18.6. The maximum absolute atomic E-state index is 13.3. The van der Waals surface area contributed by atoms with Crippen LogP contribution in [0, 0.1) is 6.92 Å². The standard InChI is InChI=1S/C21H27N5O3/c1-15-22-23-20-19(21(28)24-11-3-4-12-24)26(14-13-25(15)20)18(27)10-7-16-5-8-17(29-2)9-6-16/h5-6,8-9,19H,3-4,7,10-14H2,1-2H3. The highest BCUT2D eigenvalue weighted by Gasteiger charge is 2.41. The molecule has 1 unspecified atom stereocenters. The fourth-order valence-corrected chi connectivity index (χ4v) is 4.16. The van der Waals surface area contributed by atoms with Crippen LogP contribution in [0.4, 0.5) is 0 Å². The summed E-state index contributed by atoms with van der Waals surface area (Å²) in [6.07, 6.45) is 2.99. The molecule has 0 radical (unpaired) electrons. The van der Waals surface area contributed by atoms with E-state index in [9.17, 15) is 9.59 Å². The van der Waals surface area contributed by atoms with Gasteiger partial charge in [-0.05, 0) is 43.9 Å². The number of methoxy groups -OCH3 is 1. The van der Waals surface area contributed by atoms with Crippen molar-refractivity contribution in [2.45, 2.75) is 45.2 Å². The molecule has 3 heterocycles. The molecule has 4 rings (SSSR count). The Labute approximate surface area is 170 Å². The number of rotatable bonds is 5. The Morgan fingerprint density at radius 1 is 1.07 bits per heavy atom. The molecule has 1 aromatic carbocycles. The quantitative estimate of drug-likeness (QED) is 0.768. The smallest absolute Gasteiger partial charge is 0.253 e. The molecule has 1 atom stereocenters. The molecule has 0 saturated carbocycles. The molecule has 1 fully saturated rings. The highest BCUT2D eigenvalue weighted by molar-refractivity contribution is 5.88. The second kappa shape index (κ2) is 8.23. The van der Waals surface area contributed by atoms with Crippen LogP contribution in [0.2, 0.25) is 0 Å². The highest BCUT2D eigenvalue weighted by Crippen LogP contribution is 2.29. The summed E-state index contributed by atoms with van der Waals surface area (Å²) in [5.74, 6) is 2.11. The average Bonchev–Trinajstić information content (AvgIpc) is 3.41. The zero-order valence-corrected chi connectivity index (χ0v) is 17.0. The molecule has 1 aromatic heterocycles. The van der Waals surface area contributed by atoms with Crippen LogP contribution in [0.1, 0.15) is 42.5 Å². The minimum atomic E-state index is -0.675. The average molecular weight is 397 g/mol. The van der Waals surface area contributed by atoms with Gasteiger partial charge < -0.3 is 19.1 Å². The molecule has 2 amide bonds. The van der Waals surface area contributed by atoms with Crippen LogP contribution >= 0.6 is 0 Å². The summed E-state index contributed by atoms with van der Waals surface area (Å²) in [5, 5.41) is 8.41. The van der Waals surface area contributed by atoms with Gasteiger partial charge in [-0.2, -0.15) is 0 Å². The van der Waals surface area contributed by atoms with Crippen molar-refractivity contribution in [1.82, 2.24) is 24.6 Å². The van der Waals surface area contributed by atoms with Gasteiger partial charge in [-0.3, -0.25) is 9.59 Å². The SMILES string of the molecule is COc1ccc(CCC(=O)N2CCn3c(C)nnc3C2C(=O)N2CCCC2)cc1. The molecule has 0 bridgehead atoms. The number of aromatic nitrogens is 3. The van der Waals surface area contributed by atoms with E-state index >= 15 is 0 Å². The summed E-state index contributed by atoms with van der Waals surface area (Å²) >= 11 is 0. The molecule has 29 heavy (non-hydrogen) atoms. The Morgan fingerprint density at radius 2 is 1.79 bits per heavy atom. The van der Waals surface area contributed by atoms with Crippen LogP contribution in [0.5, 0.6) is 5.75 Å². The molecule has 0 spiro atoms. The number of amides is 2. The maximum Gasteiger partial charge on any atom is 0.253 e. The van der Waals surface area contributed by atoms with E-state index in [0.29, 0.717) is 31.8 Å². The van der Waals surface area contributed by atoms with Crippen molar-refractivity contribution in [2.75, 3.05) is 26.7 Å². The maximum atomic E-state index is 13.3. The van der Waals surface area contributed by atoms with Crippen LogP contribution in [0.15, 0.2) is 24.3 Å². The molecule has 2 aliphatic rings. The number of carbonyl (C=O) groups is 2. The number of benzene rings is 1. The van der Waals surface area contributed by atoms with Crippen LogP contribution in [-0.2, 0) is 22.6 Å². The molecule has 8 nitrogen and oxygen atoms in total. The van der Waals surface area contributed by atoms with Crippen molar-refractivity contribution in [1.29, 1.82) is 0 Å². The van der Waals surface area contributed by atoms with Crippen molar-refractivity contribution in [3.8, 4) is 5.75 Å². The Hall–Kier alpha value is -2.90. The van der Waals surface area contributed by atoms with E-state index in [1.165, 1.54) is 0 Å². The number of likely N-dealkylation sites (tertiary alicyclic amines) is 1. The summed E-state index contributed by atoms with van der Waals surface area (Å²) < 4.78 is 7.15. The van der Waals surface area contributed by atoms with Crippen molar-refractivity contribution < 1.29 is 14.3 Å². The van der Waals surface area contributed by atoms with Gasteiger partial charge in [0, 0.05) is 32.6 Å². The monoisotopic (exact) mass is 397 g/mol. The predicted octanol–water partition coefficient (Wildman–Crippen LogP) is 1.73. The Bertz CT molecular complexity index is 886. The summed E-state index contributed by atoms with van der Waals surface area (Å²) in [7, 11) is 1.63. The van der Waals surface area contributed by atoms with Gasteiger partial charge in [0.15, 0.2) is 11.9 Å². The van der Waals surface area contributed by atoms with E-state index in [4.69, 9.17) is 4.74 Å². The number of aryl methyl sites for hydroxylation is 2. The van der Waals surface area contributed by atoms with Gasteiger partial charge in [-0.15, -0.1) is 10.2 Å². The Balaban J connectivity index is 1.52. The first kappa shape index (κ1) is 19.4. The fourth-order valence-electron chi connectivity index (χ4n) is 4.16. The van der Waals surface area contributed by atoms with Crippen LogP contribution in [-0.4, -0.2) is 63.1 Å². The van der Waals surface area contributed by atoms with Crippen molar-refractivity contribution in [3.05, 3.63) is 41.5 Å². The minimum absolute atomic E-state index is 0.0229. The van der Waals surface area contributed by atoms with Gasteiger partial charge in [-0.1, -0.05) is 12.1 Å². The van der Waals surface area contributed by atoms with Crippen molar-refractivity contribution >= 4 is 11.8 Å². The molecule has 0 N–H and O–H groups in total. The van der Waals surface area contributed by atoms with E-state index in [-0.39, 0.29) is 11.8 Å². The number of nitrogens with zero attached hydrogens (tertiary/aromatic N) is 5. The molecule has 2 aromatic rings.